The van der Waals surface area contributed by atoms with E-state index in [1.807, 2.05) is 42.5 Å². The number of fused-ring (bicyclic) bond motifs is 1. The van der Waals surface area contributed by atoms with Gasteiger partial charge in [-0.15, -0.1) is 0 Å². The molecule has 0 atom stereocenters. The second-order valence-electron chi connectivity index (χ2n) is 7.86. The molecule has 3 aromatic carbocycles. The van der Waals surface area contributed by atoms with Gasteiger partial charge < -0.3 is 23.5 Å². The maximum absolute atomic E-state index is 5.90. The van der Waals surface area contributed by atoms with E-state index in [4.69, 9.17) is 23.9 Å². The van der Waals surface area contributed by atoms with Crippen LogP contribution in [0.3, 0.4) is 0 Å². The van der Waals surface area contributed by atoms with Gasteiger partial charge in [0.1, 0.15) is 11.6 Å². The van der Waals surface area contributed by atoms with E-state index in [9.17, 15) is 0 Å². The smallest absolute Gasteiger partial charge is 0.203 e. The van der Waals surface area contributed by atoms with Gasteiger partial charge in [0.05, 0.1) is 39.0 Å². The maximum Gasteiger partial charge on any atom is 0.203 e. The van der Waals surface area contributed by atoms with Crippen molar-refractivity contribution in [1.29, 1.82) is 0 Å². The number of aryl methyl sites for hydroxylation is 2. The molecule has 0 amide bonds. The van der Waals surface area contributed by atoms with Crippen LogP contribution in [0.15, 0.2) is 60.7 Å². The van der Waals surface area contributed by atoms with Gasteiger partial charge in [-0.2, -0.15) is 0 Å². The Morgan fingerprint density at radius 3 is 2.18 bits per heavy atom. The van der Waals surface area contributed by atoms with E-state index in [0.29, 0.717) is 23.9 Å². The molecule has 0 saturated heterocycles. The fourth-order valence-electron chi connectivity index (χ4n) is 3.93. The van der Waals surface area contributed by atoms with Gasteiger partial charge in [-0.25, -0.2) is 4.98 Å². The number of unbranched alkanes of at least 4 members (excludes halogenated alkanes) is 1. The minimum absolute atomic E-state index is 0.569. The standard InChI is InChI=1S/C27H30N2O4/c1-19-11-13-21(14-12-19)33-16-8-7-15-29-23-10-6-5-9-22(23)28-27(29)20-17-24(30-2)26(32-4)25(18-20)31-3/h5-6,9-14,17-18H,7-8,15-16H2,1-4H3. The summed E-state index contributed by atoms with van der Waals surface area (Å²) in [5, 5.41) is 0. The van der Waals surface area contributed by atoms with Crippen molar-refractivity contribution in [2.45, 2.75) is 26.3 Å². The van der Waals surface area contributed by atoms with Crippen LogP contribution in [0.4, 0.5) is 0 Å². The van der Waals surface area contributed by atoms with Gasteiger partial charge in [-0.1, -0.05) is 29.8 Å². The molecule has 1 aromatic heterocycles. The predicted molar refractivity (Wildman–Crippen MR) is 131 cm³/mol. The molecule has 33 heavy (non-hydrogen) atoms. The van der Waals surface area contributed by atoms with Crippen LogP contribution < -0.4 is 18.9 Å². The van der Waals surface area contributed by atoms with Crippen molar-refractivity contribution in [2.24, 2.45) is 0 Å². The summed E-state index contributed by atoms with van der Waals surface area (Å²) in [5.41, 5.74) is 4.20. The molecule has 0 unspecified atom stereocenters. The molecular formula is C27H30N2O4. The largest absolute Gasteiger partial charge is 0.494 e. The first-order valence-corrected chi connectivity index (χ1v) is 11.1. The summed E-state index contributed by atoms with van der Waals surface area (Å²) in [6, 6.07) is 20.2. The molecule has 0 saturated carbocycles. The second-order valence-corrected chi connectivity index (χ2v) is 7.86. The van der Waals surface area contributed by atoms with Crippen LogP contribution >= 0.6 is 0 Å². The Labute approximate surface area is 194 Å². The fraction of sp³-hybridized carbons (Fsp3) is 0.296. The third-order valence-electron chi connectivity index (χ3n) is 5.64. The molecule has 0 radical (unpaired) electrons. The van der Waals surface area contributed by atoms with E-state index >= 15 is 0 Å². The SMILES string of the molecule is COc1cc(-c2nc3ccccc3n2CCCCOc2ccc(C)cc2)cc(OC)c1OC. The molecule has 0 fully saturated rings. The zero-order valence-electron chi connectivity index (χ0n) is 19.6. The van der Waals surface area contributed by atoms with Crippen LogP contribution in [-0.4, -0.2) is 37.5 Å². The van der Waals surface area contributed by atoms with E-state index in [-0.39, 0.29) is 0 Å². The van der Waals surface area contributed by atoms with Crippen LogP contribution in [0.1, 0.15) is 18.4 Å². The van der Waals surface area contributed by atoms with Gasteiger partial charge in [0.25, 0.3) is 0 Å². The number of methoxy groups -OCH3 is 3. The number of nitrogens with zero attached hydrogens (tertiary/aromatic N) is 2. The molecule has 6 nitrogen and oxygen atoms in total. The lowest BCUT2D eigenvalue weighted by Gasteiger charge is -2.15. The van der Waals surface area contributed by atoms with Crippen LogP contribution in [0, 0.1) is 6.92 Å². The Morgan fingerprint density at radius 1 is 0.818 bits per heavy atom. The van der Waals surface area contributed by atoms with E-state index in [0.717, 1.165) is 47.6 Å². The highest BCUT2D eigenvalue weighted by molar-refractivity contribution is 5.81. The predicted octanol–water partition coefficient (Wildman–Crippen LogP) is 5.90. The van der Waals surface area contributed by atoms with Crippen LogP contribution in [-0.2, 0) is 6.54 Å². The van der Waals surface area contributed by atoms with Crippen molar-refractivity contribution in [3.05, 3.63) is 66.2 Å². The van der Waals surface area contributed by atoms with Crippen molar-refractivity contribution in [2.75, 3.05) is 27.9 Å². The number of hydrogen-bond acceptors (Lipinski definition) is 5. The Balaban J connectivity index is 1.57. The van der Waals surface area contributed by atoms with Crippen molar-refractivity contribution in [1.82, 2.24) is 9.55 Å². The highest BCUT2D eigenvalue weighted by Crippen LogP contribution is 2.41. The second kappa shape index (κ2) is 10.3. The van der Waals surface area contributed by atoms with Gasteiger partial charge in [0, 0.05) is 12.1 Å². The summed E-state index contributed by atoms with van der Waals surface area (Å²) in [6.45, 7) is 3.57. The van der Waals surface area contributed by atoms with Crippen molar-refractivity contribution in [3.63, 3.8) is 0 Å². The Bertz CT molecular complexity index is 1190. The highest BCUT2D eigenvalue weighted by Gasteiger charge is 2.18. The van der Waals surface area contributed by atoms with Gasteiger partial charge in [0.2, 0.25) is 5.75 Å². The number of aromatic nitrogens is 2. The number of imidazole rings is 1. The van der Waals surface area contributed by atoms with E-state index in [2.05, 4.69) is 29.7 Å². The lowest BCUT2D eigenvalue weighted by atomic mass is 10.1. The average molecular weight is 447 g/mol. The molecule has 0 bridgehead atoms. The zero-order chi connectivity index (χ0) is 23.2. The number of ether oxygens (including phenoxy) is 4. The first kappa shape index (κ1) is 22.5. The first-order chi connectivity index (χ1) is 16.1. The zero-order valence-corrected chi connectivity index (χ0v) is 19.6. The molecule has 0 aliphatic rings. The Hall–Kier alpha value is -3.67. The topological polar surface area (TPSA) is 54.7 Å². The van der Waals surface area contributed by atoms with Crippen molar-refractivity contribution in [3.8, 4) is 34.4 Å². The van der Waals surface area contributed by atoms with Gasteiger partial charge >= 0.3 is 0 Å². The quantitative estimate of drug-likeness (QED) is 0.284. The van der Waals surface area contributed by atoms with E-state index in [1.165, 1.54) is 5.56 Å². The van der Waals surface area contributed by atoms with Crippen LogP contribution in [0.5, 0.6) is 23.0 Å². The summed E-state index contributed by atoms with van der Waals surface area (Å²) in [7, 11) is 4.85. The normalized spacial score (nSPS) is 10.9. The number of hydrogen-bond donors (Lipinski definition) is 0. The van der Waals surface area contributed by atoms with Crippen molar-refractivity contribution < 1.29 is 18.9 Å². The van der Waals surface area contributed by atoms with Gasteiger partial charge in [-0.05, 0) is 56.2 Å². The number of para-hydroxylation sites is 2. The summed E-state index contributed by atoms with van der Waals surface area (Å²) in [6.07, 6.45) is 1.90. The molecule has 4 rings (SSSR count). The molecular weight excluding hydrogens is 416 g/mol. The van der Waals surface area contributed by atoms with E-state index < -0.39 is 0 Å². The summed E-state index contributed by atoms with van der Waals surface area (Å²) < 4.78 is 24.7. The van der Waals surface area contributed by atoms with Crippen LogP contribution in [0.25, 0.3) is 22.4 Å². The molecule has 0 aliphatic heterocycles. The molecule has 0 spiro atoms. The third kappa shape index (κ3) is 4.90. The number of rotatable bonds is 10. The molecule has 172 valence electrons. The molecule has 0 N–H and O–H groups in total. The lowest BCUT2D eigenvalue weighted by molar-refractivity contribution is 0.303. The monoisotopic (exact) mass is 446 g/mol. The maximum atomic E-state index is 5.90. The summed E-state index contributed by atoms with van der Waals surface area (Å²) in [4.78, 5) is 4.92. The van der Waals surface area contributed by atoms with E-state index in [1.54, 1.807) is 21.3 Å². The van der Waals surface area contributed by atoms with Gasteiger partial charge in [-0.3, -0.25) is 0 Å². The highest BCUT2D eigenvalue weighted by atomic mass is 16.5. The molecule has 0 aliphatic carbocycles. The summed E-state index contributed by atoms with van der Waals surface area (Å²) in [5.74, 6) is 3.57. The fourth-order valence-corrected chi connectivity index (χ4v) is 3.93. The third-order valence-corrected chi connectivity index (χ3v) is 5.64. The first-order valence-electron chi connectivity index (χ1n) is 11.1. The van der Waals surface area contributed by atoms with Gasteiger partial charge in [0.15, 0.2) is 11.5 Å². The minimum atomic E-state index is 0.569. The molecule has 1 heterocycles. The molecule has 4 aromatic rings. The average Bonchev–Trinajstić information content (AvgIpc) is 3.22. The van der Waals surface area contributed by atoms with Crippen molar-refractivity contribution >= 4 is 11.0 Å². The Morgan fingerprint density at radius 2 is 1.52 bits per heavy atom. The molecule has 6 heteroatoms. The summed E-state index contributed by atoms with van der Waals surface area (Å²) >= 11 is 0. The Kier molecular flexibility index (Phi) is 7.03. The lowest BCUT2D eigenvalue weighted by Crippen LogP contribution is -2.04. The number of benzene rings is 3. The van der Waals surface area contributed by atoms with Crippen LogP contribution in [0.2, 0.25) is 0 Å². The minimum Gasteiger partial charge on any atom is -0.494 e.